The quantitative estimate of drug-likeness (QED) is 0.452. The number of anilines is 1. The van der Waals surface area contributed by atoms with Gasteiger partial charge in [-0.15, -0.1) is 0 Å². The number of aliphatic imine (C=N–C) groups is 1. The Kier molecular flexibility index (Phi) is 5.23. The van der Waals surface area contributed by atoms with Gasteiger partial charge in [0.05, 0.1) is 26.9 Å². The minimum Gasteiger partial charge on any atom is -0.332 e. The van der Waals surface area contributed by atoms with E-state index in [4.69, 9.17) is 28.6 Å². The zero-order valence-electron chi connectivity index (χ0n) is 14.7. The molecule has 2 aliphatic rings. The van der Waals surface area contributed by atoms with Gasteiger partial charge in [-0.25, -0.2) is 4.99 Å². The standard InChI is InChI=1S/C15H8Cl2F9N5/c1-12-7(9(14(21,22)23)28-11(29-12)15(24,25)26)10(27)31(30-12)8-5(16)2-4(3-6(8)17)13(18,19)20/h2-3,27,30H,1H3,(H,28,29). The van der Waals surface area contributed by atoms with Crippen LogP contribution in [0.1, 0.15) is 12.5 Å². The number of hydrazine groups is 1. The van der Waals surface area contributed by atoms with Gasteiger partial charge in [-0.1, -0.05) is 23.2 Å². The summed E-state index contributed by atoms with van der Waals surface area (Å²) in [4.78, 5) is 3.22. The molecule has 0 bridgehead atoms. The average Bonchev–Trinajstić information content (AvgIpc) is 2.82. The normalized spacial score (nSPS) is 22.5. The largest absolute Gasteiger partial charge is 0.449 e. The van der Waals surface area contributed by atoms with Crippen LogP contribution in [0.3, 0.4) is 0 Å². The Labute approximate surface area is 177 Å². The average molecular weight is 500 g/mol. The van der Waals surface area contributed by atoms with E-state index in [0.717, 1.165) is 12.2 Å². The molecule has 0 amide bonds. The number of nitrogens with one attached hydrogen (secondary N) is 3. The summed E-state index contributed by atoms with van der Waals surface area (Å²) in [5.41, 5.74) is -5.13. The second-order valence-corrected chi connectivity index (χ2v) is 7.30. The predicted octanol–water partition coefficient (Wildman–Crippen LogP) is 5.41. The summed E-state index contributed by atoms with van der Waals surface area (Å²) < 4.78 is 119. The lowest BCUT2D eigenvalue weighted by Crippen LogP contribution is -2.52. The molecule has 1 fully saturated rings. The highest BCUT2D eigenvalue weighted by Gasteiger charge is 2.56. The first-order chi connectivity index (χ1) is 13.9. The molecule has 0 aliphatic carbocycles. The van der Waals surface area contributed by atoms with E-state index in [1.807, 2.05) is 0 Å². The summed E-state index contributed by atoms with van der Waals surface area (Å²) in [6.07, 6.45) is -15.5. The lowest BCUT2D eigenvalue weighted by molar-refractivity contribution is -0.137. The molecule has 1 aromatic rings. The molecule has 1 unspecified atom stereocenters. The van der Waals surface area contributed by atoms with Crippen LogP contribution in [0.2, 0.25) is 10.0 Å². The number of hydrogen-bond donors (Lipinski definition) is 3. The summed E-state index contributed by atoms with van der Waals surface area (Å²) in [5.74, 6) is -3.06. The molecule has 2 aliphatic heterocycles. The van der Waals surface area contributed by atoms with Gasteiger partial charge >= 0.3 is 18.5 Å². The molecule has 3 rings (SSSR count). The number of benzene rings is 1. The number of rotatable bonds is 1. The maximum atomic E-state index is 13.5. The smallest absolute Gasteiger partial charge is 0.332 e. The zero-order chi connectivity index (χ0) is 23.7. The first kappa shape index (κ1) is 23.5. The van der Waals surface area contributed by atoms with Crippen molar-refractivity contribution < 1.29 is 39.5 Å². The van der Waals surface area contributed by atoms with Gasteiger partial charge in [0.25, 0.3) is 0 Å². The van der Waals surface area contributed by atoms with Crippen LogP contribution in [0, 0.1) is 5.41 Å². The topological polar surface area (TPSA) is 63.5 Å². The van der Waals surface area contributed by atoms with Crippen molar-refractivity contribution in [2.75, 3.05) is 5.01 Å². The van der Waals surface area contributed by atoms with E-state index in [9.17, 15) is 39.5 Å². The van der Waals surface area contributed by atoms with Crippen molar-refractivity contribution in [1.82, 2.24) is 10.7 Å². The molecule has 16 heteroatoms. The molecule has 0 saturated carbocycles. The van der Waals surface area contributed by atoms with Crippen LogP contribution in [0.5, 0.6) is 0 Å². The van der Waals surface area contributed by atoms with Gasteiger partial charge in [0.15, 0.2) is 5.66 Å². The van der Waals surface area contributed by atoms with Gasteiger partial charge in [0.1, 0.15) is 11.5 Å². The zero-order valence-corrected chi connectivity index (χ0v) is 16.2. The van der Waals surface area contributed by atoms with E-state index >= 15 is 0 Å². The minimum absolute atomic E-state index is 0.406. The highest BCUT2D eigenvalue weighted by molar-refractivity contribution is 6.40. The Hall–Kier alpha value is -2.19. The second-order valence-electron chi connectivity index (χ2n) is 6.49. The summed E-state index contributed by atoms with van der Waals surface area (Å²) in [6, 6.07) is 0.813. The van der Waals surface area contributed by atoms with Crippen molar-refractivity contribution in [2.45, 2.75) is 31.1 Å². The molecule has 1 atom stereocenters. The van der Waals surface area contributed by atoms with E-state index in [1.165, 1.54) is 0 Å². The summed E-state index contributed by atoms with van der Waals surface area (Å²) in [7, 11) is 0. The predicted molar refractivity (Wildman–Crippen MR) is 92.9 cm³/mol. The molecular weight excluding hydrogens is 492 g/mol. The van der Waals surface area contributed by atoms with Crippen molar-refractivity contribution in [2.24, 2.45) is 4.99 Å². The Morgan fingerprint density at radius 1 is 0.935 bits per heavy atom. The lowest BCUT2D eigenvalue weighted by atomic mass is 9.98. The molecule has 0 spiro atoms. The number of halogens is 11. The van der Waals surface area contributed by atoms with Gasteiger partial charge in [-0.3, -0.25) is 10.4 Å². The van der Waals surface area contributed by atoms with Crippen LogP contribution in [0.4, 0.5) is 45.2 Å². The van der Waals surface area contributed by atoms with Gasteiger partial charge in [0.2, 0.25) is 5.84 Å². The molecule has 31 heavy (non-hydrogen) atoms. The van der Waals surface area contributed by atoms with E-state index in [2.05, 4.69) is 10.4 Å². The fraction of sp³-hybridized carbons (Fsp3) is 0.333. The first-order valence-electron chi connectivity index (χ1n) is 7.85. The molecule has 0 radical (unpaired) electrons. The molecule has 2 heterocycles. The number of nitrogens with zero attached hydrogens (tertiary/aromatic N) is 2. The molecule has 1 saturated heterocycles. The second kappa shape index (κ2) is 6.90. The summed E-state index contributed by atoms with van der Waals surface area (Å²) in [6.45, 7) is 0.821. The highest BCUT2D eigenvalue weighted by atomic mass is 35.5. The fourth-order valence-corrected chi connectivity index (χ4v) is 3.66. The molecule has 1 aromatic carbocycles. The van der Waals surface area contributed by atoms with Crippen LogP contribution in [0.15, 0.2) is 28.4 Å². The molecular formula is C15H8Cl2F9N5. The first-order valence-corrected chi connectivity index (χ1v) is 8.61. The fourth-order valence-electron chi connectivity index (χ4n) is 3.00. The van der Waals surface area contributed by atoms with Crippen molar-refractivity contribution >= 4 is 40.6 Å². The van der Waals surface area contributed by atoms with Crippen LogP contribution in [0.25, 0.3) is 0 Å². The highest BCUT2D eigenvalue weighted by Crippen LogP contribution is 2.45. The number of fused-ring (bicyclic) bond motifs is 1. The lowest BCUT2D eigenvalue weighted by Gasteiger charge is -2.31. The third-order valence-electron chi connectivity index (χ3n) is 4.23. The maximum Gasteiger partial charge on any atom is 0.449 e. The molecule has 3 N–H and O–H groups in total. The SMILES string of the molecule is CC12N=C(C(F)(F)F)NC(C(F)(F)F)=C1C(=N)N(c1c(Cl)cc(C(F)(F)F)cc1Cl)N2. The van der Waals surface area contributed by atoms with Crippen molar-refractivity contribution in [3.63, 3.8) is 0 Å². The minimum atomic E-state index is -5.36. The third kappa shape index (κ3) is 4.03. The molecule has 0 aromatic heterocycles. The Balaban J connectivity index is 2.20. The van der Waals surface area contributed by atoms with Gasteiger partial charge in [0, 0.05) is 0 Å². The van der Waals surface area contributed by atoms with Crippen LogP contribution in [-0.2, 0) is 6.18 Å². The Morgan fingerprint density at radius 3 is 1.87 bits per heavy atom. The number of hydrogen-bond acceptors (Lipinski definition) is 4. The number of allylic oxidation sites excluding steroid dienone is 1. The molecule has 170 valence electrons. The summed E-state index contributed by atoms with van der Waals surface area (Å²) >= 11 is 11.6. The van der Waals surface area contributed by atoms with E-state index in [-0.39, 0.29) is 0 Å². The number of alkyl halides is 9. The van der Waals surface area contributed by atoms with E-state index in [1.54, 1.807) is 0 Å². The monoisotopic (exact) mass is 499 g/mol. The number of amidine groups is 2. The van der Waals surface area contributed by atoms with Crippen molar-refractivity contribution in [3.05, 3.63) is 39.0 Å². The summed E-state index contributed by atoms with van der Waals surface area (Å²) in [5, 5.41) is 8.22. The van der Waals surface area contributed by atoms with Gasteiger partial charge in [-0.05, 0) is 19.1 Å². The van der Waals surface area contributed by atoms with Crippen molar-refractivity contribution in [3.8, 4) is 0 Å². The Bertz CT molecular complexity index is 1000. The van der Waals surface area contributed by atoms with Gasteiger partial charge in [-0.2, -0.15) is 44.9 Å². The van der Waals surface area contributed by atoms with Crippen molar-refractivity contribution in [1.29, 1.82) is 5.41 Å². The van der Waals surface area contributed by atoms with Crippen LogP contribution in [-0.4, -0.2) is 29.7 Å². The third-order valence-corrected chi connectivity index (χ3v) is 4.80. The van der Waals surface area contributed by atoms with Gasteiger partial charge < -0.3 is 5.32 Å². The van der Waals surface area contributed by atoms with E-state index in [0.29, 0.717) is 17.1 Å². The van der Waals surface area contributed by atoms with Crippen LogP contribution >= 0.6 is 23.2 Å². The van der Waals surface area contributed by atoms with E-state index < -0.39 is 68.4 Å². The Morgan fingerprint density at radius 2 is 1.45 bits per heavy atom. The molecule has 5 nitrogen and oxygen atoms in total. The maximum absolute atomic E-state index is 13.5. The van der Waals surface area contributed by atoms with Crippen LogP contribution < -0.4 is 15.8 Å².